The fraction of sp³-hybridized carbons (Fsp3) is 0.318. The third-order valence-electron chi connectivity index (χ3n) is 4.82. The molecule has 8 nitrogen and oxygen atoms in total. The number of carbonyl (C=O) groups is 2. The molecule has 0 saturated carbocycles. The molecular weight excluding hydrogens is 399 g/mol. The number of hydrogen-bond donors (Lipinski definition) is 1. The van der Waals surface area contributed by atoms with Crippen LogP contribution in [0.4, 0.5) is 4.39 Å². The van der Waals surface area contributed by atoms with Gasteiger partial charge in [0.2, 0.25) is 17.6 Å². The van der Waals surface area contributed by atoms with Crippen molar-refractivity contribution in [3.63, 3.8) is 0 Å². The third-order valence-corrected chi connectivity index (χ3v) is 4.82. The number of carbonyl (C=O) groups excluding carboxylic acids is 2. The average Bonchev–Trinajstić information content (AvgIpc) is 3.25. The standard InChI is InChI=1S/C22H25FN6O2/c1-3-16-5-9-18(10-6-16)22-25-27-29(26-22)15-21(31)28(4-2)14-20(30)24-13-17-7-11-19(23)12-8-17/h5-12H,3-4,13-15H2,1-2H3,(H,24,30). The molecule has 1 aromatic heterocycles. The van der Waals surface area contributed by atoms with Gasteiger partial charge in [0.05, 0.1) is 6.54 Å². The summed E-state index contributed by atoms with van der Waals surface area (Å²) >= 11 is 0. The summed E-state index contributed by atoms with van der Waals surface area (Å²) in [6.07, 6.45) is 0.944. The number of amides is 2. The van der Waals surface area contributed by atoms with Crippen molar-refractivity contribution in [2.24, 2.45) is 0 Å². The molecule has 2 amide bonds. The molecule has 0 aliphatic rings. The van der Waals surface area contributed by atoms with Gasteiger partial charge in [-0.05, 0) is 41.8 Å². The fourth-order valence-electron chi connectivity index (χ4n) is 2.94. The number of aromatic nitrogens is 4. The van der Waals surface area contributed by atoms with Gasteiger partial charge in [-0.25, -0.2) is 4.39 Å². The van der Waals surface area contributed by atoms with Crippen molar-refractivity contribution in [1.29, 1.82) is 0 Å². The third kappa shape index (κ3) is 6.18. The summed E-state index contributed by atoms with van der Waals surface area (Å²) in [6, 6.07) is 13.7. The predicted molar refractivity (Wildman–Crippen MR) is 113 cm³/mol. The molecule has 0 unspecified atom stereocenters. The van der Waals surface area contributed by atoms with Crippen LogP contribution in [0.1, 0.15) is 25.0 Å². The number of tetrazole rings is 1. The molecule has 31 heavy (non-hydrogen) atoms. The van der Waals surface area contributed by atoms with Crippen LogP contribution in [0.2, 0.25) is 0 Å². The first-order chi connectivity index (χ1) is 15.0. The summed E-state index contributed by atoms with van der Waals surface area (Å²) in [7, 11) is 0. The van der Waals surface area contributed by atoms with Gasteiger partial charge in [-0.3, -0.25) is 9.59 Å². The fourth-order valence-corrected chi connectivity index (χ4v) is 2.94. The molecule has 0 atom stereocenters. The molecule has 0 fully saturated rings. The zero-order valence-electron chi connectivity index (χ0n) is 17.6. The summed E-state index contributed by atoms with van der Waals surface area (Å²) in [5.74, 6) is -0.483. The number of nitrogens with zero attached hydrogens (tertiary/aromatic N) is 5. The van der Waals surface area contributed by atoms with Crippen LogP contribution in [0.5, 0.6) is 0 Å². The second kappa shape index (κ2) is 10.4. The predicted octanol–water partition coefficient (Wildman–Crippen LogP) is 2.21. The van der Waals surface area contributed by atoms with Crippen LogP contribution >= 0.6 is 0 Å². The zero-order chi connectivity index (χ0) is 22.2. The van der Waals surface area contributed by atoms with Gasteiger partial charge in [0.25, 0.3) is 0 Å². The first kappa shape index (κ1) is 22.1. The van der Waals surface area contributed by atoms with Crippen molar-refractivity contribution in [2.45, 2.75) is 33.4 Å². The monoisotopic (exact) mass is 424 g/mol. The molecule has 1 N–H and O–H groups in total. The lowest BCUT2D eigenvalue weighted by molar-refractivity contribution is -0.136. The number of benzene rings is 2. The molecule has 162 valence electrons. The Balaban J connectivity index is 1.53. The van der Waals surface area contributed by atoms with E-state index < -0.39 is 0 Å². The van der Waals surface area contributed by atoms with E-state index in [1.807, 2.05) is 24.3 Å². The number of hydrogen-bond acceptors (Lipinski definition) is 5. The Labute approximate surface area is 180 Å². The summed E-state index contributed by atoms with van der Waals surface area (Å²) < 4.78 is 13.0. The van der Waals surface area contributed by atoms with E-state index in [4.69, 9.17) is 0 Å². The Morgan fingerprint density at radius 3 is 2.35 bits per heavy atom. The Kier molecular flexibility index (Phi) is 7.42. The quantitative estimate of drug-likeness (QED) is 0.569. The normalized spacial score (nSPS) is 10.7. The van der Waals surface area contributed by atoms with Gasteiger partial charge in [0.1, 0.15) is 12.4 Å². The van der Waals surface area contributed by atoms with E-state index in [0.717, 1.165) is 17.5 Å². The number of nitrogens with one attached hydrogen (secondary N) is 1. The van der Waals surface area contributed by atoms with E-state index in [9.17, 15) is 14.0 Å². The van der Waals surface area contributed by atoms with E-state index >= 15 is 0 Å². The lowest BCUT2D eigenvalue weighted by Crippen LogP contribution is -2.42. The first-order valence-corrected chi connectivity index (χ1v) is 10.1. The van der Waals surface area contributed by atoms with Crippen molar-refractivity contribution in [3.05, 3.63) is 65.5 Å². The van der Waals surface area contributed by atoms with Gasteiger partial charge in [-0.2, -0.15) is 4.80 Å². The summed E-state index contributed by atoms with van der Waals surface area (Å²) in [5.41, 5.74) is 2.81. The molecule has 0 radical (unpaired) electrons. The highest BCUT2D eigenvalue weighted by Gasteiger charge is 2.17. The van der Waals surface area contributed by atoms with E-state index in [2.05, 4.69) is 27.7 Å². The Bertz CT molecular complexity index is 1020. The average molecular weight is 424 g/mol. The highest BCUT2D eigenvalue weighted by atomic mass is 19.1. The largest absolute Gasteiger partial charge is 0.350 e. The molecule has 3 aromatic rings. The van der Waals surface area contributed by atoms with Crippen LogP contribution in [0, 0.1) is 5.82 Å². The van der Waals surface area contributed by atoms with Crippen molar-refractivity contribution in [1.82, 2.24) is 30.4 Å². The van der Waals surface area contributed by atoms with E-state index in [1.54, 1.807) is 19.1 Å². The van der Waals surface area contributed by atoms with Gasteiger partial charge < -0.3 is 10.2 Å². The Morgan fingerprint density at radius 2 is 1.71 bits per heavy atom. The molecule has 0 aliphatic carbocycles. The number of rotatable bonds is 9. The van der Waals surface area contributed by atoms with Crippen molar-refractivity contribution < 1.29 is 14.0 Å². The van der Waals surface area contributed by atoms with Gasteiger partial charge in [-0.15, -0.1) is 10.2 Å². The van der Waals surface area contributed by atoms with Crippen molar-refractivity contribution >= 4 is 11.8 Å². The molecule has 9 heteroatoms. The molecule has 3 rings (SSSR count). The highest BCUT2D eigenvalue weighted by molar-refractivity contribution is 5.84. The van der Waals surface area contributed by atoms with Gasteiger partial charge >= 0.3 is 0 Å². The molecule has 1 heterocycles. The lowest BCUT2D eigenvalue weighted by Gasteiger charge is -2.20. The van der Waals surface area contributed by atoms with Crippen LogP contribution in [0.15, 0.2) is 48.5 Å². The molecule has 0 saturated heterocycles. The summed E-state index contributed by atoms with van der Waals surface area (Å²) in [5, 5.41) is 15.0. The van der Waals surface area contributed by atoms with E-state index in [0.29, 0.717) is 12.4 Å². The van der Waals surface area contributed by atoms with Gasteiger partial charge in [0.15, 0.2) is 0 Å². The van der Waals surface area contributed by atoms with Crippen LogP contribution in [-0.4, -0.2) is 50.0 Å². The summed E-state index contributed by atoms with van der Waals surface area (Å²) in [6.45, 7) is 4.30. The van der Waals surface area contributed by atoms with Crippen molar-refractivity contribution in [2.75, 3.05) is 13.1 Å². The Morgan fingerprint density at radius 1 is 1.03 bits per heavy atom. The second-order valence-electron chi connectivity index (χ2n) is 7.01. The minimum Gasteiger partial charge on any atom is -0.350 e. The van der Waals surface area contributed by atoms with E-state index in [1.165, 1.54) is 27.4 Å². The molecule has 0 spiro atoms. The van der Waals surface area contributed by atoms with Gasteiger partial charge in [-0.1, -0.05) is 43.3 Å². The molecular formula is C22H25FN6O2. The van der Waals surface area contributed by atoms with Crippen molar-refractivity contribution in [3.8, 4) is 11.4 Å². The maximum absolute atomic E-state index is 13.0. The van der Waals surface area contributed by atoms with Crippen LogP contribution in [0.25, 0.3) is 11.4 Å². The molecule has 2 aromatic carbocycles. The zero-order valence-corrected chi connectivity index (χ0v) is 17.6. The molecule has 0 bridgehead atoms. The van der Waals surface area contributed by atoms with E-state index in [-0.39, 0.29) is 37.3 Å². The maximum atomic E-state index is 13.0. The number of likely N-dealkylation sites (N-methyl/N-ethyl adjacent to an activating group) is 1. The number of halogens is 1. The highest BCUT2D eigenvalue weighted by Crippen LogP contribution is 2.14. The Hall–Kier alpha value is -3.62. The van der Waals surface area contributed by atoms with Crippen LogP contribution < -0.4 is 5.32 Å². The van der Waals surface area contributed by atoms with Crippen LogP contribution in [-0.2, 0) is 29.1 Å². The topological polar surface area (TPSA) is 93.0 Å². The minimum absolute atomic E-state index is 0.0867. The SMILES string of the molecule is CCc1ccc(-c2nnn(CC(=O)N(CC)CC(=O)NCc3ccc(F)cc3)n2)cc1. The smallest absolute Gasteiger partial charge is 0.246 e. The lowest BCUT2D eigenvalue weighted by atomic mass is 10.1. The maximum Gasteiger partial charge on any atom is 0.246 e. The number of aryl methyl sites for hydroxylation is 1. The summed E-state index contributed by atoms with van der Waals surface area (Å²) in [4.78, 5) is 27.5. The molecule has 0 aliphatic heterocycles. The van der Waals surface area contributed by atoms with Crippen LogP contribution in [0.3, 0.4) is 0 Å². The second-order valence-corrected chi connectivity index (χ2v) is 7.01. The minimum atomic E-state index is -0.333. The van der Waals surface area contributed by atoms with Gasteiger partial charge in [0, 0.05) is 18.7 Å². The first-order valence-electron chi connectivity index (χ1n) is 10.1.